The first-order valence-electron chi connectivity index (χ1n) is 11.1. The van der Waals surface area contributed by atoms with Gasteiger partial charge in [0.25, 0.3) is 5.91 Å². The number of benzene rings is 1. The number of carbonyl (C=O) groups excluding carboxylic acids is 2. The lowest BCUT2D eigenvalue weighted by molar-refractivity contribution is -0.149. The summed E-state index contributed by atoms with van der Waals surface area (Å²) in [7, 11) is 1.76. The van der Waals surface area contributed by atoms with E-state index in [0.717, 1.165) is 62.4 Å². The molecule has 0 aromatic heterocycles. The van der Waals surface area contributed by atoms with Gasteiger partial charge in [0.05, 0.1) is 12.5 Å². The van der Waals surface area contributed by atoms with Crippen LogP contribution in [0.3, 0.4) is 0 Å². The Morgan fingerprint density at radius 1 is 1.06 bits per heavy atom. The number of esters is 1. The minimum atomic E-state index is -0.119. The molecule has 1 amide bonds. The molecule has 1 unspecified atom stereocenters. The first kappa shape index (κ1) is 25.4. The summed E-state index contributed by atoms with van der Waals surface area (Å²) < 4.78 is 5.19. The molecule has 2 aliphatic heterocycles. The van der Waals surface area contributed by atoms with Crippen LogP contribution in [0.2, 0.25) is 0 Å². The second-order valence-corrected chi connectivity index (χ2v) is 7.99. The minimum Gasteiger partial charge on any atom is -0.466 e. The number of nitrogens with one attached hydrogen (secondary N) is 1. The van der Waals surface area contributed by atoms with Crippen LogP contribution in [0.25, 0.3) is 0 Å². The smallest absolute Gasteiger partial charge is 0.310 e. The number of halogens is 1. The van der Waals surface area contributed by atoms with Crippen LogP contribution >= 0.6 is 24.0 Å². The largest absolute Gasteiger partial charge is 0.466 e. The van der Waals surface area contributed by atoms with Gasteiger partial charge in [-0.25, -0.2) is 0 Å². The Bertz CT molecular complexity index is 748. The third-order valence-corrected chi connectivity index (χ3v) is 5.85. The van der Waals surface area contributed by atoms with Gasteiger partial charge in [-0.05, 0) is 56.7 Å². The third kappa shape index (κ3) is 7.08. The Kier molecular flexibility index (Phi) is 10.6. The van der Waals surface area contributed by atoms with E-state index in [2.05, 4.69) is 15.2 Å². The first-order chi connectivity index (χ1) is 14.6. The summed E-state index contributed by atoms with van der Waals surface area (Å²) in [5.41, 5.74) is 1.84. The number of carbonyl (C=O) groups is 2. The SMILES string of the molecule is CCOC(=O)C1CCCN(C(=NC)NCc2ccc(C(=O)N3CCCCC3)cc2)C1.I. The van der Waals surface area contributed by atoms with Crippen LogP contribution in [-0.4, -0.2) is 67.5 Å². The average Bonchev–Trinajstić information content (AvgIpc) is 2.80. The Morgan fingerprint density at radius 2 is 1.74 bits per heavy atom. The van der Waals surface area contributed by atoms with Crippen LogP contribution in [0.4, 0.5) is 0 Å². The van der Waals surface area contributed by atoms with Gasteiger partial charge in [-0.3, -0.25) is 14.6 Å². The van der Waals surface area contributed by atoms with Gasteiger partial charge in [0, 0.05) is 45.3 Å². The number of rotatable bonds is 5. The standard InChI is InChI=1S/C23H34N4O3.HI/c1-3-30-22(29)20-8-7-15-27(17-20)23(24-2)25-16-18-9-11-19(12-10-18)21(28)26-13-5-4-6-14-26;/h9-12,20H,3-8,13-17H2,1-2H3,(H,24,25);1H. The molecule has 172 valence electrons. The molecule has 1 aromatic rings. The van der Waals surface area contributed by atoms with Crippen LogP contribution in [-0.2, 0) is 16.1 Å². The van der Waals surface area contributed by atoms with E-state index in [-0.39, 0.29) is 41.8 Å². The van der Waals surface area contributed by atoms with Gasteiger partial charge >= 0.3 is 5.97 Å². The fourth-order valence-electron chi connectivity index (χ4n) is 4.18. The zero-order chi connectivity index (χ0) is 21.3. The summed E-state index contributed by atoms with van der Waals surface area (Å²) in [5.74, 6) is 0.699. The van der Waals surface area contributed by atoms with E-state index in [1.165, 1.54) is 6.42 Å². The summed E-state index contributed by atoms with van der Waals surface area (Å²) in [4.78, 5) is 33.2. The summed E-state index contributed by atoms with van der Waals surface area (Å²) >= 11 is 0. The summed E-state index contributed by atoms with van der Waals surface area (Å²) in [6, 6.07) is 7.81. The Morgan fingerprint density at radius 3 is 2.39 bits per heavy atom. The number of nitrogens with zero attached hydrogens (tertiary/aromatic N) is 3. The molecular weight excluding hydrogens is 507 g/mol. The van der Waals surface area contributed by atoms with Crippen molar-refractivity contribution in [2.75, 3.05) is 39.8 Å². The highest BCUT2D eigenvalue weighted by molar-refractivity contribution is 14.0. The number of hydrogen-bond acceptors (Lipinski definition) is 4. The van der Waals surface area contributed by atoms with Crippen LogP contribution < -0.4 is 5.32 Å². The first-order valence-corrected chi connectivity index (χ1v) is 11.1. The number of piperidine rings is 2. The van der Waals surface area contributed by atoms with Crippen LogP contribution in [0.15, 0.2) is 29.3 Å². The van der Waals surface area contributed by atoms with E-state index in [9.17, 15) is 9.59 Å². The molecular formula is C23H35IN4O3. The molecule has 2 aliphatic rings. The highest BCUT2D eigenvalue weighted by atomic mass is 127. The lowest BCUT2D eigenvalue weighted by Gasteiger charge is -2.34. The summed E-state index contributed by atoms with van der Waals surface area (Å²) in [6.07, 6.45) is 5.21. The molecule has 0 aliphatic carbocycles. The van der Waals surface area contributed by atoms with Crippen molar-refractivity contribution in [3.05, 3.63) is 35.4 Å². The second-order valence-electron chi connectivity index (χ2n) is 7.99. The summed E-state index contributed by atoms with van der Waals surface area (Å²) in [5, 5.41) is 3.39. The van der Waals surface area contributed by atoms with Gasteiger partial charge in [0.15, 0.2) is 5.96 Å². The van der Waals surface area contributed by atoms with Crippen molar-refractivity contribution in [2.24, 2.45) is 10.9 Å². The van der Waals surface area contributed by atoms with Crippen LogP contribution in [0.1, 0.15) is 54.9 Å². The molecule has 1 aromatic carbocycles. The second kappa shape index (κ2) is 12.9. The average molecular weight is 542 g/mol. The van der Waals surface area contributed by atoms with Crippen molar-refractivity contribution < 1.29 is 14.3 Å². The zero-order valence-corrected chi connectivity index (χ0v) is 21.0. The third-order valence-electron chi connectivity index (χ3n) is 5.85. The molecule has 2 fully saturated rings. The fourth-order valence-corrected chi connectivity index (χ4v) is 4.18. The summed E-state index contributed by atoms with van der Waals surface area (Å²) in [6.45, 7) is 6.09. The molecule has 2 heterocycles. The van der Waals surface area contributed by atoms with E-state index in [1.807, 2.05) is 36.1 Å². The molecule has 8 heteroatoms. The highest BCUT2D eigenvalue weighted by Crippen LogP contribution is 2.18. The van der Waals surface area contributed by atoms with Crippen molar-refractivity contribution in [3.8, 4) is 0 Å². The molecule has 0 radical (unpaired) electrons. The Hall–Kier alpha value is -1.84. The number of hydrogen-bond donors (Lipinski definition) is 1. The quantitative estimate of drug-likeness (QED) is 0.268. The molecule has 0 bridgehead atoms. The lowest BCUT2D eigenvalue weighted by atomic mass is 9.98. The highest BCUT2D eigenvalue weighted by Gasteiger charge is 2.28. The molecule has 0 spiro atoms. The van der Waals surface area contributed by atoms with E-state index in [1.54, 1.807) is 7.05 Å². The Labute approximate surface area is 202 Å². The van der Waals surface area contributed by atoms with E-state index < -0.39 is 0 Å². The minimum absolute atomic E-state index is 0. The number of guanidine groups is 1. The fraction of sp³-hybridized carbons (Fsp3) is 0.609. The number of ether oxygens (including phenoxy) is 1. The van der Waals surface area contributed by atoms with Gasteiger partial charge in [0.1, 0.15) is 0 Å². The topological polar surface area (TPSA) is 74.2 Å². The number of likely N-dealkylation sites (tertiary alicyclic amines) is 2. The molecule has 3 rings (SSSR count). The zero-order valence-electron chi connectivity index (χ0n) is 18.6. The number of amides is 1. The van der Waals surface area contributed by atoms with Gasteiger partial charge in [0.2, 0.25) is 0 Å². The molecule has 2 saturated heterocycles. The normalized spacial score (nSPS) is 19.4. The van der Waals surface area contributed by atoms with E-state index in [0.29, 0.717) is 19.7 Å². The van der Waals surface area contributed by atoms with Crippen LogP contribution in [0.5, 0.6) is 0 Å². The lowest BCUT2D eigenvalue weighted by Crippen LogP contribution is -2.48. The van der Waals surface area contributed by atoms with Crippen molar-refractivity contribution >= 4 is 41.8 Å². The molecule has 7 nitrogen and oxygen atoms in total. The molecule has 31 heavy (non-hydrogen) atoms. The van der Waals surface area contributed by atoms with Gasteiger partial charge in [-0.1, -0.05) is 12.1 Å². The van der Waals surface area contributed by atoms with Gasteiger partial charge < -0.3 is 19.9 Å². The van der Waals surface area contributed by atoms with Crippen molar-refractivity contribution in [1.82, 2.24) is 15.1 Å². The van der Waals surface area contributed by atoms with Crippen LogP contribution in [0, 0.1) is 5.92 Å². The van der Waals surface area contributed by atoms with E-state index in [4.69, 9.17) is 4.74 Å². The predicted molar refractivity (Wildman–Crippen MR) is 133 cm³/mol. The van der Waals surface area contributed by atoms with Crippen molar-refractivity contribution in [2.45, 2.75) is 45.6 Å². The maximum absolute atomic E-state index is 12.6. The molecule has 1 atom stereocenters. The van der Waals surface area contributed by atoms with Crippen molar-refractivity contribution in [1.29, 1.82) is 0 Å². The van der Waals surface area contributed by atoms with Gasteiger partial charge in [-0.2, -0.15) is 0 Å². The molecule has 1 N–H and O–H groups in total. The maximum atomic E-state index is 12.6. The molecule has 0 saturated carbocycles. The van der Waals surface area contributed by atoms with E-state index >= 15 is 0 Å². The monoisotopic (exact) mass is 542 g/mol. The number of aliphatic imine (C=N–C) groups is 1. The Balaban J connectivity index is 0.00000341. The van der Waals surface area contributed by atoms with Gasteiger partial charge in [-0.15, -0.1) is 24.0 Å². The van der Waals surface area contributed by atoms with Crippen molar-refractivity contribution in [3.63, 3.8) is 0 Å². The predicted octanol–water partition coefficient (Wildman–Crippen LogP) is 3.28. The maximum Gasteiger partial charge on any atom is 0.310 e.